The van der Waals surface area contributed by atoms with E-state index in [0.29, 0.717) is 55.4 Å². The molecule has 8 heteroatoms. The molecule has 1 aliphatic rings. The first kappa shape index (κ1) is 22.3. The maximum atomic E-state index is 13.2. The maximum absolute atomic E-state index is 13.2. The molecule has 1 saturated heterocycles. The van der Waals surface area contributed by atoms with Crippen LogP contribution in [0.25, 0.3) is 0 Å². The van der Waals surface area contributed by atoms with Crippen LogP contribution in [-0.4, -0.2) is 73.2 Å². The number of phenolic OH excluding ortho intramolecular Hbond substituents is 1. The Kier molecular flexibility index (Phi) is 7.23. The summed E-state index contributed by atoms with van der Waals surface area (Å²) in [5, 5.41) is 9.37. The summed E-state index contributed by atoms with van der Waals surface area (Å²) < 4.78 is 16.4. The van der Waals surface area contributed by atoms with E-state index in [1.807, 2.05) is 0 Å². The number of aromatic hydroxyl groups is 1. The SMILES string of the molecule is COc1cccc(OC)c1C(=O)N1CCCN(C(=O)C(C)Oc2ccc(O)cc2)CC1. The molecule has 0 aromatic heterocycles. The van der Waals surface area contributed by atoms with E-state index in [2.05, 4.69) is 0 Å². The second kappa shape index (κ2) is 10.1. The molecule has 2 aromatic rings. The van der Waals surface area contributed by atoms with Gasteiger partial charge in [0.15, 0.2) is 6.10 Å². The first-order valence-electron chi connectivity index (χ1n) is 10.2. The quantitative estimate of drug-likeness (QED) is 0.761. The summed E-state index contributed by atoms with van der Waals surface area (Å²) in [6, 6.07) is 11.5. The summed E-state index contributed by atoms with van der Waals surface area (Å²) in [4.78, 5) is 29.5. The molecule has 0 bridgehead atoms. The number of benzene rings is 2. The monoisotopic (exact) mass is 428 g/mol. The molecule has 166 valence electrons. The fourth-order valence-corrected chi connectivity index (χ4v) is 3.60. The molecular weight excluding hydrogens is 400 g/mol. The predicted molar refractivity (Wildman–Crippen MR) is 115 cm³/mol. The highest BCUT2D eigenvalue weighted by Gasteiger charge is 2.29. The summed E-state index contributed by atoms with van der Waals surface area (Å²) in [6.07, 6.45) is -0.0259. The third-order valence-corrected chi connectivity index (χ3v) is 5.23. The van der Waals surface area contributed by atoms with Crippen molar-refractivity contribution in [2.45, 2.75) is 19.4 Å². The number of rotatable bonds is 6. The van der Waals surface area contributed by atoms with Crippen molar-refractivity contribution in [3.8, 4) is 23.0 Å². The standard InChI is InChI=1S/C23H28N2O6/c1-16(31-18-10-8-17(26)9-11-18)22(27)24-12-5-13-25(15-14-24)23(28)21-19(29-2)6-4-7-20(21)30-3/h4,6-11,16,26H,5,12-15H2,1-3H3. The van der Waals surface area contributed by atoms with Crippen molar-refractivity contribution in [2.24, 2.45) is 0 Å². The van der Waals surface area contributed by atoms with E-state index in [4.69, 9.17) is 14.2 Å². The molecule has 0 spiro atoms. The fourth-order valence-electron chi connectivity index (χ4n) is 3.60. The van der Waals surface area contributed by atoms with Gasteiger partial charge in [0.25, 0.3) is 11.8 Å². The molecular formula is C23H28N2O6. The Morgan fingerprint density at radius 3 is 2.10 bits per heavy atom. The fraction of sp³-hybridized carbons (Fsp3) is 0.391. The van der Waals surface area contributed by atoms with Crippen LogP contribution >= 0.6 is 0 Å². The van der Waals surface area contributed by atoms with Crippen LogP contribution in [-0.2, 0) is 4.79 Å². The predicted octanol–water partition coefficient (Wildman–Crippen LogP) is 2.55. The van der Waals surface area contributed by atoms with Gasteiger partial charge in [0.2, 0.25) is 0 Å². The minimum absolute atomic E-state index is 0.135. The van der Waals surface area contributed by atoms with Crippen LogP contribution in [0.5, 0.6) is 23.0 Å². The lowest BCUT2D eigenvalue weighted by Gasteiger charge is -2.25. The van der Waals surface area contributed by atoms with Gasteiger partial charge in [-0.25, -0.2) is 0 Å². The zero-order valence-electron chi connectivity index (χ0n) is 18.0. The second-order valence-electron chi connectivity index (χ2n) is 7.26. The van der Waals surface area contributed by atoms with Crippen LogP contribution in [0.4, 0.5) is 0 Å². The van der Waals surface area contributed by atoms with Gasteiger partial charge < -0.3 is 29.1 Å². The molecule has 1 aliphatic heterocycles. The van der Waals surface area contributed by atoms with Crippen LogP contribution in [0, 0.1) is 0 Å². The Labute approximate surface area is 181 Å². The number of ether oxygens (including phenoxy) is 3. The molecule has 3 rings (SSSR count). The Morgan fingerprint density at radius 1 is 0.903 bits per heavy atom. The maximum Gasteiger partial charge on any atom is 0.263 e. The van der Waals surface area contributed by atoms with Crippen LogP contribution in [0.15, 0.2) is 42.5 Å². The molecule has 8 nitrogen and oxygen atoms in total. The summed E-state index contributed by atoms with van der Waals surface area (Å²) in [5.74, 6) is 1.23. The molecule has 2 amide bonds. The Hall–Kier alpha value is -3.42. The summed E-state index contributed by atoms with van der Waals surface area (Å²) >= 11 is 0. The highest BCUT2D eigenvalue weighted by atomic mass is 16.5. The minimum atomic E-state index is -0.680. The lowest BCUT2D eigenvalue weighted by molar-refractivity contribution is -0.137. The van der Waals surface area contributed by atoms with E-state index >= 15 is 0 Å². The van der Waals surface area contributed by atoms with Gasteiger partial charge in [0.05, 0.1) is 14.2 Å². The highest BCUT2D eigenvalue weighted by molar-refractivity contribution is 5.99. The molecule has 2 aromatic carbocycles. The molecule has 1 atom stereocenters. The first-order chi connectivity index (χ1) is 14.9. The first-order valence-corrected chi connectivity index (χ1v) is 10.2. The number of methoxy groups -OCH3 is 2. The van der Waals surface area contributed by atoms with Crippen molar-refractivity contribution in [2.75, 3.05) is 40.4 Å². The van der Waals surface area contributed by atoms with Crippen molar-refractivity contribution < 1.29 is 28.9 Å². The number of amides is 2. The summed E-state index contributed by atoms with van der Waals surface area (Å²) in [5.41, 5.74) is 0.385. The van der Waals surface area contributed by atoms with E-state index in [0.717, 1.165) is 0 Å². The number of hydrogen-bond acceptors (Lipinski definition) is 6. The Balaban J connectivity index is 1.65. The van der Waals surface area contributed by atoms with Crippen LogP contribution < -0.4 is 14.2 Å². The van der Waals surface area contributed by atoms with Gasteiger partial charge in [0, 0.05) is 26.2 Å². The minimum Gasteiger partial charge on any atom is -0.508 e. The molecule has 31 heavy (non-hydrogen) atoms. The van der Waals surface area contributed by atoms with Crippen molar-refractivity contribution >= 4 is 11.8 Å². The van der Waals surface area contributed by atoms with Crippen LogP contribution in [0.2, 0.25) is 0 Å². The van der Waals surface area contributed by atoms with Crippen LogP contribution in [0.3, 0.4) is 0 Å². The van der Waals surface area contributed by atoms with Gasteiger partial charge >= 0.3 is 0 Å². The molecule has 1 heterocycles. The largest absolute Gasteiger partial charge is 0.508 e. The number of hydrogen-bond donors (Lipinski definition) is 1. The molecule has 1 unspecified atom stereocenters. The van der Waals surface area contributed by atoms with Crippen molar-refractivity contribution in [3.63, 3.8) is 0 Å². The smallest absolute Gasteiger partial charge is 0.263 e. The lowest BCUT2D eigenvalue weighted by Crippen LogP contribution is -2.43. The molecule has 1 N–H and O–H groups in total. The summed E-state index contributed by atoms with van der Waals surface area (Å²) in [6.45, 7) is 3.57. The van der Waals surface area contributed by atoms with Gasteiger partial charge in [-0.1, -0.05) is 6.07 Å². The van der Waals surface area contributed by atoms with Crippen LogP contribution in [0.1, 0.15) is 23.7 Å². The number of carbonyl (C=O) groups excluding carboxylic acids is 2. The number of phenols is 1. The Bertz CT molecular complexity index is 893. The number of carbonyl (C=O) groups is 2. The van der Waals surface area contributed by atoms with Gasteiger partial charge in [-0.05, 0) is 49.7 Å². The lowest BCUT2D eigenvalue weighted by atomic mass is 10.1. The Morgan fingerprint density at radius 2 is 1.48 bits per heavy atom. The zero-order valence-corrected chi connectivity index (χ0v) is 18.0. The van der Waals surface area contributed by atoms with Gasteiger partial charge in [0.1, 0.15) is 28.6 Å². The van der Waals surface area contributed by atoms with E-state index < -0.39 is 6.10 Å². The van der Waals surface area contributed by atoms with E-state index in [9.17, 15) is 14.7 Å². The van der Waals surface area contributed by atoms with Gasteiger partial charge in [-0.3, -0.25) is 9.59 Å². The van der Waals surface area contributed by atoms with Gasteiger partial charge in [-0.2, -0.15) is 0 Å². The zero-order chi connectivity index (χ0) is 22.4. The third-order valence-electron chi connectivity index (χ3n) is 5.23. The molecule has 0 aliphatic carbocycles. The van der Waals surface area contributed by atoms with Crippen molar-refractivity contribution in [1.82, 2.24) is 9.80 Å². The average Bonchev–Trinajstić information content (AvgIpc) is 3.05. The highest BCUT2D eigenvalue weighted by Crippen LogP contribution is 2.30. The number of nitrogens with zero attached hydrogens (tertiary/aromatic N) is 2. The second-order valence-corrected chi connectivity index (χ2v) is 7.26. The normalized spacial score (nSPS) is 15.1. The van der Waals surface area contributed by atoms with Crippen molar-refractivity contribution in [3.05, 3.63) is 48.0 Å². The van der Waals surface area contributed by atoms with Crippen molar-refractivity contribution in [1.29, 1.82) is 0 Å². The average molecular weight is 428 g/mol. The summed E-state index contributed by atoms with van der Waals surface area (Å²) in [7, 11) is 3.04. The third kappa shape index (κ3) is 5.20. The van der Waals surface area contributed by atoms with E-state index in [1.54, 1.807) is 47.1 Å². The van der Waals surface area contributed by atoms with E-state index in [-0.39, 0.29) is 17.6 Å². The molecule has 1 fully saturated rings. The van der Waals surface area contributed by atoms with E-state index in [1.165, 1.54) is 26.4 Å². The van der Waals surface area contributed by atoms with Gasteiger partial charge in [-0.15, -0.1) is 0 Å². The molecule has 0 saturated carbocycles. The topological polar surface area (TPSA) is 88.5 Å². The molecule has 0 radical (unpaired) electrons.